The molecule has 3 N–H and O–H groups in total. The number of nitrogens with two attached hydrogens (primary N) is 1. The van der Waals surface area contributed by atoms with Gasteiger partial charge in [0.15, 0.2) is 6.54 Å². The maximum absolute atomic E-state index is 12.3. The molecular weight excluding hydrogens is 373 g/mol. The van der Waals surface area contributed by atoms with Crippen molar-refractivity contribution in [1.82, 2.24) is 4.90 Å². The molecule has 1 atom stereocenters. The highest BCUT2D eigenvalue weighted by atomic mass is 35.5. The highest BCUT2D eigenvalue weighted by molar-refractivity contribution is 6.33. The average molecular weight is 395 g/mol. The molecule has 0 saturated heterocycles. The van der Waals surface area contributed by atoms with Crippen molar-refractivity contribution in [1.29, 1.82) is 0 Å². The minimum Gasteiger partial charge on any atom is -0.333 e. The van der Waals surface area contributed by atoms with Gasteiger partial charge < -0.3 is 15.5 Å². The largest absolute Gasteiger partial charge is 0.333 e. The zero-order valence-corrected chi connectivity index (χ0v) is 16.2. The number of rotatable bonds is 7. The summed E-state index contributed by atoms with van der Waals surface area (Å²) < 4.78 is 0. The lowest BCUT2D eigenvalue weighted by Crippen LogP contribution is -2.87. The summed E-state index contributed by atoms with van der Waals surface area (Å²) >= 11 is 11.9. The van der Waals surface area contributed by atoms with Gasteiger partial charge in [-0.05, 0) is 31.2 Å². The van der Waals surface area contributed by atoms with E-state index in [1.54, 1.807) is 31.3 Å². The van der Waals surface area contributed by atoms with Gasteiger partial charge in [-0.15, -0.1) is 0 Å². The van der Waals surface area contributed by atoms with E-state index in [4.69, 9.17) is 23.2 Å². The Morgan fingerprint density at radius 1 is 1.12 bits per heavy atom. The summed E-state index contributed by atoms with van der Waals surface area (Å²) in [5.74, 6) is -0.417. The monoisotopic (exact) mass is 394 g/mol. The number of hydrogen-bond acceptors (Lipinski definition) is 2. The van der Waals surface area contributed by atoms with Crippen LogP contribution in [0.5, 0.6) is 0 Å². The fourth-order valence-electron chi connectivity index (χ4n) is 2.39. The van der Waals surface area contributed by atoms with Crippen LogP contribution in [0.1, 0.15) is 18.5 Å². The summed E-state index contributed by atoms with van der Waals surface area (Å²) in [5, 5.41) is 5.77. The minimum atomic E-state index is -0.292. The molecule has 2 aromatic rings. The fourth-order valence-corrected chi connectivity index (χ4v) is 2.70. The molecule has 7 heteroatoms. The Morgan fingerprint density at radius 2 is 1.77 bits per heavy atom. The van der Waals surface area contributed by atoms with E-state index in [1.165, 1.54) is 4.90 Å². The van der Waals surface area contributed by atoms with E-state index in [0.29, 0.717) is 15.7 Å². The molecule has 0 aliphatic rings. The van der Waals surface area contributed by atoms with Gasteiger partial charge in [-0.1, -0.05) is 47.5 Å². The van der Waals surface area contributed by atoms with Gasteiger partial charge in [0.05, 0.1) is 17.3 Å². The lowest BCUT2D eigenvalue weighted by molar-refractivity contribution is -0.683. The number of amides is 2. The third kappa shape index (κ3) is 6.02. The molecule has 0 fully saturated rings. The minimum absolute atomic E-state index is 0.0345. The van der Waals surface area contributed by atoms with Crippen molar-refractivity contribution in [2.45, 2.75) is 13.0 Å². The first-order valence-electron chi connectivity index (χ1n) is 8.24. The third-order valence-electron chi connectivity index (χ3n) is 4.00. The summed E-state index contributed by atoms with van der Waals surface area (Å²) in [4.78, 5) is 25.7. The number of carbonyl (C=O) groups excluding carboxylic acids is 2. The van der Waals surface area contributed by atoms with Gasteiger partial charge in [0.25, 0.3) is 5.91 Å². The van der Waals surface area contributed by atoms with E-state index in [1.807, 2.05) is 36.5 Å². The number of quaternary nitrogens is 1. The Labute approximate surface area is 163 Å². The van der Waals surface area contributed by atoms with Crippen LogP contribution < -0.4 is 10.6 Å². The van der Waals surface area contributed by atoms with Crippen LogP contribution >= 0.6 is 23.2 Å². The molecule has 2 aromatic carbocycles. The quantitative estimate of drug-likeness (QED) is 0.757. The van der Waals surface area contributed by atoms with Gasteiger partial charge >= 0.3 is 0 Å². The first-order chi connectivity index (χ1) is 12.4. The standard InChI is InChI=1S/C19H21Cl2N3O2/c1-13(14-7-9-15(20)10-8-14)22-11-19(26)24(2)12-18(25)23-17-6-4-3-5-16(17)21/h3-10,13,22H,11-12H2,1-2H3,(H,23,25)/p+1/t13-/m0/s1. The maximum Gasteiger partial charge on any atom is 0.277 e. The van der Waals surface area contributed by atoms with Crippen LogP contribution in [0.4, 0.5) is 5.69 Å². The molecule has 0 radical (unpaired) electrons. The van der Waals surface area contributed by atoms with Crippen LogP contribution in [-0.4, -0.2) is 36.9 Å². The summed E-state index contributed by atoms with van der Waals surface area (Å²) in [6.07, 6.45) is 0. The predicted molar refractivity (Wildman–Crippen MR) is 104 cm³/mol. The maximum atomic E-state index is 12.3. The Hall–Kier alpha value is -2.08. The second-order valence-corrected chi connectivity index (χ2v) is 6.90. The highest BCUT2D eigenvalue weighted by Gasteiger charge is 2.17. The highest BCUT2D eigenvalue weighted by Crippen LogP contribution is 2.20. The van der Waals surface area contributed by atoms with Crippen molar-refractivity contribution in [2.75, 3.05) is 25.5 Å². The summed E-state index contributed by atoms with van der Waals surface area (Å²) in [6, 6.07) is 14.6. The van der Waals surface area contributed by atoms with Crippen molar-refractivity contribution in [2.24, 2.45) is 0 Å². The van der Waals surface area contributed by atoms with Gasteiger partial charge in [-0.2, -0.15) is 0 Å². The number of nitrogens with one attached hydrogen (secondary N) is 1. The van der Waals surface area contributed by atoms with E-state index >= 15 is 0 Å². The molecule has 138 valence electrons. The first kappa shape index (κ1) is 20.2. The smallest absolute Gasteiger partial charge is 0.277 e. The van der Waals surface area contributed by atoms with Crippen molar-refractivity contribution < 1.29 is 14.9 Å². The molecule has 2 rings (SSSR count). The van der Waals surface area contributed by atoms with Gasteiger partial charge in [0, 0.05) is 17.6 Å². The number of benzene rings is 2. The number of carbonyl (C=O) groups is 2. The van der Waals surface area contributed by atoms with Crippen LogP contribution in [0, 0.1) is 0 Å². The van der Waals surface area contributed by atoms with Gasteiger partial charge in [-0.25, -0.2) is 0 Å². The molecule has 2 amide bonds. The molecule has 0 aromatic heterocycles. The lowest BCUT2D eigenvalue weighted by atomic mass is 10.1. The molecule has 0 saturated carbocycles. The van der Waals surface area contributed by atoms with Crippen molar-refractivity contribution >= 4 is 40.7 Å². The van der Waals surface area contributed by atoms with E-state index in [-0.39, 0.29) is 30.9 Å². The zero-order valence-electron chi connectivity index (χ0n) is 14.7. The van der Waals surface area contributed by atoms with Crippen LogP contribution in [-0.2, 0) is 9.59 Å². The van der Waals surface area contributed by atoms with E-state index in [2.05, 4.69) is 5.32 Å². The number of likely N-dealkylation sites (N-methyl/N-ethyl adjacent to an activating group) is 1. The van der Waals surface area contributed by atoms with E-state index in [0.717, 1.165) is 5.56 Å². The number of nitrogens with zero attached hydrogens (tertiary/aromatic N) is 1. The fraction of sp³-hybridized carbons (Fsp3) is 0.263. The molecule has 0 spiro atoms. The molecular formula is C19H22Cl2N3O2+. The number of anilines is 1. The average Bonchev–Trinajstić information content (AvgIpc) is 2.61. The number of hydrogen-bond donors (Lipinski definition) is 2. The normalized spacial score (nSPS) is 11.7. The SMILES string of the molecule is C[C@H]([NH2+]CC(=O)N(C)CC(=O)Nc1ccccc1Cl)c1ccc(Cl)cc1. The molecule has 0 heterocycles. The molecule has 0 aliphatic heterocycles. The van der Waals surface area contributed by atoms with Crippen LogP contribution in [0.25, 0.3) is 0 Å². The molecule has 0 aliphatic carbocycles. The topological polar surface area (TPSA) is 66.0 Å². The molecule has 0 unspecified atom stereocenters. The van der Waals surface area contributed by atoms with Crippen molar-refractivity contribution in [3.05, 3.63) is 64.1 Å². The van der Waals surface area contributed by atoms with Crippen molar-refractivity contribution in [3.63, 3.8) is 0 Å². The predicted octanol–water partition coefficient (Wildman–Crippen LogP) is 2.71. The van der Waals surface area contributed by atoms with Gasteiger partial charge in [0.2, 0.25) is 5.91 Å². The first-order valence-corrected chi connectivity index (χ1v) is 8.99. The molecule has 26 heavy (non-hydrogen) atoms. The summed E-state index contributed by atoms with van der Waals surface area (Å²) in [7, 11) is 1.61. The number of para-hydroxylation sites is 1. The summed E-state index contributed by atoms with van der Waals surface area (Å²) in [5.41, 5.74) is 1.62. The molecule has 5 nitrogen and oxygen atoms in total. The molecule has 0 bridgehead atoms. The van der Waals surface area contributed by atoms with Crippen molar-refractivity contribution in [3.8, 4) is 0 Å². The summed E-state index contributed by atoms with van der Waals surface area (Å²) in [6.45, 7) is 2.23. The lowest BCUT2D eigenvalue weighted by Gasteiger charge is -2.18. The Kier molecular flexibility index (Phi) is 7.45. The van der Waals surface area contributed by atoms with E-state index in [9.17, 15) is 9.59 Å². The second kappa shape index (κ2) is 9.57. The van der Waals surface area contributed by atoms with Crippen LogP contribution in [0.15, 0.2) is 48.5 Å². The zero-order chi connectivity index (χ0) is 19.1. The third-order valence-corrected chi connectivity index (χ3v) is 4.58. The van der Waals surface area contributed by atoms with Gasteiger partial charge in [0.1, 0.15) is 6.04 Å². The Balaban J connectivity index is 1.80. The Bertz CT molecular complexity index is 766. The van der Waals surface area contributed by atoms with Crippen LogP contribution in [0.2, 0.25) is 10.0 Å². The number of halogens is 2. The van der Waals surface area contributed by atoms with E-state index < -0.39 is 0 Å². The van der Waals surface area contributed by atoms with Gasteiger partial charge in [-0.3, -0.25) is 9.59 Å². The van der Waals surface area contributed by atoms with Crippen LogP contribution in [0.3, 0.4) is 0 Å². The second-order valence-electron chi connectivity index (χ2n) is 6.06. The Morgan fingerprint density at radius 3 is 2.42 bits per heavy atom.